The van der Waals surface area contributed by atoms with Gasteiger partial charge < -0.3 is 10.4 Å². The minimum Gasteiger partial charge on any atom is -0.391 e. The predicted molar refractivity (Wildman–Crippen MR) is 62.9 cm³/mol. The summed E-state index contributed by atoms with van der Waals surface area (Å²) in [6, 6.07) is 2.11. The minimum atomic E-state index is -0.796. The Morgan fingerprint density at radius 2 is 2.06 bits per heavy atom. The molecule has 0 aromatic rings. The maximum Gasteiger partial charge on any atom is 0.240 e. The number of hydrogen-bond acceptors (Lipinski definition) is 3. The fourth-order valence-electron chi connectivity index (χ4n) is 2.80. The predicted octanol–water partition coefficient (Wildman–Crippen LogP) is 1.35. The van der Waals surface area contributed by atoms with Gasteiger partial charge in [0, 0.05) is 6.54 Å². The van der Waals surface area contributed by atoms with Crippen molar-refractivity contribution >= 4 is 5.91 Å². The molecule has 2 aliphatic rings. The van der Waals surface area contributed by atoms with Crippen LogP contribution in [0.15, 0.2) is 0 Å². The van der Waals surface area contributed by atoms with E-state index in [9.17, 15) is 9.90 Å². The van der Waals surface area contributed by atoms with Gasteiger partial charge in [-0.1, -0.05) is 12.8 Å². The first kappa shape index (κ1) is 12.4. The third-order valence-electron chi connectivity index (χ3n) is 4.27. The van der Waals surface area contributed by atoms with Gasteiger partial charge in [-0.15, -0.1) is 0 Å². The summed E-state index contributed by atoms with van der Waals surface area (Å²) in [5.74, 6) is 0.137. The van der Waals surface area contributed by atoms with Crippen LogP contribution in [0.1, 0.15) is 44.9 Å². The van der Waals surface area contributed by atoms with Crippen molar-refractivity contribution in [3.63, 3.8) is 0 Å². The second-order valence-electron chi connectivity index (χ2n) is 5.37. The van der Waals surface area contributed by atoms with E-state index in [1.165, 1.54) is 12.8 Å². The Balaban J connectivity index is 1.78. The van der Waals surface area contributed by atoms with Gasteiger partial charge in [0.05, 0.1) is 12.2 Å². The number of nitrogens with one attached hydrogen (secondary N) is 1. The quantitative estimate of drug-likeness (QED) is 0.773. The number of nitriles is 1. The minimum absolute atomic E-state index is 0.191. The van der Waals surface area contributed by atoms with Crippen molar-refractivity contribution < 1.29 is 9.90 Å². The van der Waals surface area contributed by atoms with Crippen LogP contribution < -0.4 is 5.32 Å². The fourth-order valence-corrected chi connectivity index (χ4v) is 2.80. The van der Waals surface area contributed by atoms with Gasteiger partial charge in [-0.05, 0) is 38.0 Å². The molecule has 1 amide bonds. The molecule has 2 rings (SSSR count). The molecule has 0 aromatic carbocycles. The number of amides is 1. The molecule has 4 nitrogen and oxygen atoms in total. The highest BCUT2D eigenvalue weighted by Gasteiger charge is 2.44. The Morgan fingerprint density at radius 1 is 1.41 bits per heavy atom. The van der Waals surface area contributed by atoms with Crippen LogP contribution in [-0.2, 0) is 4.79 Å². The molecule has 2 N–H and O–H groups in total. The Kier molecular flexibility index (Phi) is 3.68. The van der Waals surface area contributed by atoms with Crippen LogP contribution in [0.5, 0.6) is 0 Å². The first-order chi connectivity index (χ1) is 8.18. The van der Waals surface area contributed by atoms with Crippen LogP contribution in [0.4, 0.5) is 0 Å². The smallest absolute Gasteiger partial charge is 0.240 e. The topological polar surface area (TPSA) is 73.1 Å². The SMILES string of the molecule is N#CC1(C(=O)NCC(O)C2CCCC2)CCC1. The summed E-state index contributed by atoms with van der Waals surface area (Å²) in [4.78, 5) is 11.9. The van der Waals surface area contributed by atoms with E-state index >= 15 is 0 Å². The molecule has 2 saturated carbocycles. The highest BCUT2D eigenvalue weighted by atomic mass is 16.3. The van der Waals surface area contributed by atoms with Gasteiger partial charge in [-0.2, -0.15) is 5.26 Å². The van der Waals surface area contributed by atoms with Gasteiger partial charge in [0.1, 0.15) is 5.41 Å². The van der Waals surface area contributed by atoms with Gasteiger partial charge in [0.2, 0.25) is 5.91 Å². The van der Waals surface area contributed by atoms with Gasteiger partial charge in [0.25, 0.3) is 0 Å². The fraction of sp³-hybridized carbons (Fsp3) is 0.846. The summed E-state index contributed by atoms with van der Waals surface area (Å²) in [7, 11) is 0. The molecule has 4 heteroatoms. The van der Waals surface area contributed by atoms with E-state index in [-0.39, 0.29) is 5.91 Å². The Morgan fingerprint density at radius 3 is 2.53 bits per heavy atom. The first-order valence-corrected chi connectivity index (χ1v) is 6.55. The second-order valence-corrected chi connectivity index (χ2v) is 5.37. The highest BCUT2D eigenvalue weighted by Crippen LogP contribution is 2.40. The van der Waals surface area contributed by atoms with E-state index < -0.39 is 11.5 Å². The molecule has 0 saturated heterocycles. The van der Waals surface area contributed by atoms with Crippen LogP contribution in [0.2, 0.25) is 0 Å². The average Bonchev–Trinajstić information content (AvgIpc) is 2.78. The van der Waals surface area contributed by atoms with E-state index in [1.54, 1.807) is 0 Å². The lowest BCUT2D eigenvalue weighted by Crippen LogP contribution is -2.47. The molecule has 0 heterocycles. The summed E-state index contributed by atoms with van der Waals surface area (Å²) in [5, 5.41) is 21.7. The molecule has 0 spiro atoms. The first-order valence-electron chi connectivity index (χ1n) is 6.55. The Hall–Kier alpha value is -1.08. The highest BCUT2D eigenvalue weighted by molar-refractivity contribution is 5.86. The number of aliphatic hydroxyl groups is 1. The third-order valence-corrected chi connectivity index (χ3v) is 4.27. The molecule has 1 atom stereocenters. The normalized spacial score (nSPS) is 24.7. The number of hydrogen-bond donors (Lipinski definition) is 2. The Labute approximate surface area is 102 Å². The summed E-state index contributed by atoms with van der Waals surface area (Å²) in [5.41, 5.74) is -0.796. The van der Waals surface area contributed by atoms with E-state index in [1.807, 2.05) is 0 Å². The Bertz CT molecular complexity index is 325. The van der Waals surface area contributed by atoms with Crippen molar-refractivity contribution in [2.75, 3.05) is 6.54 Å². The summed E-state index contributed by atoms with van der Waals surface area (Å²) >= 11 is 0. The van der Waals surface area contributed by atoms with Crippen LogP contribution >= 0.6 is 0 Å². The second kappa shape index (κ2) is 5.05. The zero-order valence-electron chi connectivity index (χ0n) is 10.1. The van der Waals surface area contributed by atoms with Crippen molar-refractivity contribution in [1.29, 1.82) is 5.26 Å². The largest absolute Gasteiger partial charge is 0.391 e. The van der Waals surface area contributed by atoms with E-state index in [4.69, 9.17) is 5.26 Å². The number of rotatable bonds is 4. The number of nitrogens with zero attached hydrogens (tertiary/aromatic N) is 1. The molecule has 0 radical (unpaired) electrons. The molecule has 17 heavy (non-hydrogen) atoms. The molecule has 2 fully saturated rings. The van der Waals surface area contributed by atoms with Crippen LogP contribution in [0.3, 0.4) is 0 Å². The van der Waals surface area contributed by atoms with Crippen molar-refractivity contribution in [2.45, 2.75) is 51.0 Å². The molecule has 0 aromatic heterocycles. The summed E-state index contributed by atoms with van der Waals surface area (Å²) < 4.78 is 0. The van der Waals surface area contributed by atoms with Crippen LogP contribution in [0, 0.1) is 22.7 Å². The van der Waals surface area contributed by atoms with Crippen molar-refractivity contribution in [3.05, 3.63) is 0 Å². The van der Waals surface area contributed by atoms with Crippen LogP contribution in [-0.4, -0.2) is 23.7 Å². The zero-order valence-corrected chi connectivity index (χ0v) is 10.1. The number of carbonyl (C=O) groups is 1. The molecular formula is C13H20N2O2. The summed E-state index contributed by atoms with van der Waals surface area (Å²) in [6.07, 6.45) is 6.30. The lowest BCUT2D eigenvalue weighted by atomic mass is 9.69. The molecule has 1 unspecified atom stereocenters. The average molecular weight is 236 g/mol. The zero-order chi connectivity index (χ0) is 12.3. The van der Waals surface area contributed by atoms with Crippen LogP contribution in [0.25, 0.3) is 0 Å². The molecule has 2 aliphatic carbocycles. The number of carbonyl (C=O) groups excluding carboxylic acids is 1. The maximum absolute atomic E-state index is 11.9. The van der Waals surface area contributed by atoms with Crippen molar-refractivity contribution in [1.82, 2.24) is 5.32 Å². The molecule has 0 bridgehead atoms. The van der Waals surface area contributed by atoms with Gasteiger partial charge in [-0.25, -0.2) is 0 Å². The van der Waals surface area contributed by atoms with Crippen molar-refractivity contribution in [2.24, 2.45) is 11.3 Å². The van der Waals surface area contributed by atoms with Gasteiger partial charge in [0.15, 0.2) is 0 Å². The molecule has 94 valence electrons. The lowest BCUT2D eigenvalue weighted by molar-refractivity contribution is -0.132. The van der Waals surface area contributed by atoms with Gasteiger partial charge >= 0.3 is 0 Å². The third kappa shape index (κ3) is 2.44. The van der Waals surface area contributed by atoms with Gasteiger partial charge in [-0.3, -0.25) is 4.79 Å². The molecule has 0 aliphatic heterocycles. The van der Waals surface area contributed by atoms with Crippen molar-refractivity contribution in [3.8, 4) is 6.07 Å². The van der Waals surface area contributed by atoms with E-state index in [2.05, 4.69) is 11.4 Å². The van der Waals surface area contributed by atoms with E-state index in [0.717, 1.165) is 19.3 Å². The number of aliphatic hydroxyl groups excluding tert-OH is 1. The lowest BCUT2D eigenvalue weighted by Gasteiger charge is -2.33. The van der Waals surface area contributed by atoms with E-state index in [0.29, 0.717) is 25.3 Å². The maximum atomic E-state index is 11.9. The summed E-state index contributed by atoms with van der Waals surface area (Å²) in [6.45, 7) is 0.299. The standard InChI is InChI=1S/C13H20N2O2/c14-9-13(6-3-7-13)12(17)15-8-11(16)10-4-1-2-5-10/h10-11,16H,1-8H2,(H,15,17). The molecular weight excluding hydrogens is 216 g/mol. The monoisotopic (exact) mass is 236 g/mol.